The molecule has 7 unspecified atom stereocenters. The predicted octanol–water partition coefficient (Wildman–Crippen LogP) is 3.62. The highest BCUT2D eigenvalue weighted by Crippen LogP contribution is 2.32. The molecule has 0 spiro atoms. The summed E-state index contributed by atoms with van der Waals surface area (Å²) in [6.07, 6.45) is 13.6. The third-order valence-electron chi connectivity index (χ3n) is 10.3. The Morgan fingerprint density at radius 2 is 1.15 bits per heavy atom. The van der Waals surface area contributed by atoms with Crippen LogP contribution in [0.15, 0.2) is 0 Å². The van der Waals surface area contributed by atoms with Crippen LogP contribution in [0.2, 0.25) is 0 Å². The molecule has 0 aromatic rings. The molecule has 0 bridgehead atoms. The zero-order chi connectivity index (χ0) is 27.9. The Bertz CT molecular complexity index is 871. The molecule has 4 rings (SSSR count). The molecule has 0 saturated heterocycles. The van der Waals surface area contributed by atoms with E-state index in [0.717, 1.165) is 64.2 Å². The summed E-state index contributed by atoms with van der Waals surface area (Å²) in [5.74, 6) is 0.867. The van der Waals surface area contributed by atoms with Gasteiger partial charge in [-0.05, 0) is 96.9 Å². The second-order valence-electron chi connectivity index (χ2n) is 13.2. The van der Waals surface area contributed by atoms with Crippen LogP contribution in [0.3, 0.4) is 0 Å². The van der Waals surface area contributed by atoms with Gasteiger partial charge in [0.2, 0.25) is 17.7 Å². The van der Waals surface area contributed by atoms with Gasteiger partial charge in [0.05, 0.1) is 0 Å². The van der Waals surface area contributed by atoms with Crippen LogP contribution >= 0.6 is 0 Å². The molecule has 4 aliphatic rings. The molecule has 0 aromatic heterocycles. The maximum absolute atomic E-state index is 13.3. The fourth-order valence-electron chi connectivity index (χ4n) is 7.65. The van der Waals surface area contributed by atoms with Crippen LogP contribution in [0.25, 0.3) is 0 Å². The Morgan fingerprint density at radius 3 is 1.85 bits per heavy atom. The average molecular weight is 545 g/mol. The second kappa shape index (κ2) is 14.1. The molecule has 0 radical (unpaired) electrons. The van der Waals surface area contributed by atoms with Gasteiger partial charge in [0.25, 0.3) is 0 Å². The third-order valence-corrected chi connectivity index (χ3v) is 10.3. The Morgan fingerprint density at radius 1 is 0.538 bits per heavy atom. The maximum atomic E-state index is 13.3. The quantitative estimate of drug-likeness (QED) is 0.372. The maximum Gasteiger partial charge on any atom is 0.223 e. The molecule has 7 atom stereocenters. The fourth-order valence-corrected chi connectivity index (χ4v) is 7.65. The first-order chi connectivity index (χ1) is 18.7. The lowest BCUT2D eigenvalue weighted by Gasteiger charge is -2.37. The fraction of sp³-hybridized carbons (Fsp3) is 0.871. The summed E-state index contributed by atoms with van der Waals surface area (Å²) in [6.45, 7) is 3.88. The molecule has 0 aliphatic heterocycles. The molecule has 8 heteroatoms. The van der Waals surface area contributed by atoms with E-state index in [1.165, 1.54) is 19.3 Å². The lowest BCUT2D eigenvalue weighted by molar-refractivity contribution is -0.132. The molecular weight excluding hydrogens is 492 g/mol. The zero-order valence-corrected chi connectivity index (χ0v) is 24.4. The number of rotatable bonds is 8. The van der Waals surface area contributed by atoms with Crippen molar-refractivity contribution in [2.45, 2.75) is 134 Å². The van der Waals surface area contributed by atoms with Gasteiger partial charge in [0.15, 0.2) is 0 Å². The van der Waals surface area contributed by atoms with Crippen LogP contribution in [0.1, 0.15) is 110 Å². The number of ketones is 1. The minimum Gasteiger partial charge on any atom is -0.353 e. The summed E-state index contributed by atoms with van der Waals surface area (Å²) in [5.41, 5.74) is 0. The van der Waals surface area contributed by atoms with Gasteiger partial charge in [0.1, 0.15) is 5.78 Å². The van der Waals surface area contributed by atoms with Gasteiger partial charge in [-0.25, -0.2) is 0 Å². The smallest absolute Gasteiger partial charge is 0.223 e. The third kappa shape index (κ3) is 8.27. The number of hydrogen-bond donors (Lipinski definition) is 4. The van der Waals surface area contributed by atoms with E-state index in [9.17, 15) is 19.2 Å². The minimum atomic E-state index is -0.147. The van der Waals surface area contributed by atoms with Crippen molar-refractivity contribution in [3.8, 4) is 0 Å². The van der Waals surface area contributed by atoms with E-state index in [2.05, 4.69) is 28.2 Å². The van der Waals surface area contributed by atoms with Crippen molar-refractivity contribution >= 4 is 23.5 Å². The number of carbonyl (C=O) groups is 4. The van der Waals surface area contributed by atoms with E-state index in [1.807, 2.05) is 7.05 Å². The lowest BCUT2D eigenvalue weighted by atomic mass is 9.78. The molecule has 220 valence electrons. The molecule has 3 amide bonds. The van der Waals surface area contributed by atoms with Gasteiger partial charge in [0, 0.05) is 47.8 Å². The SMILES string of the molecule is CNC1CC(NC(=O)C2CCCC(C(C)=O)C2)CC(C(=O)NC2CCC(C(=O)NC3CCCCC3C)CC2)C1. The molecular formula is C31H52N4O4. The van der Waals surface area contributed by atoms with Gasteiger partial charge in [-0.2, -0.15) is 0 Å². The van der Waals surface area contributed by atoms with Crippen LogP contribution < -0.4 is 21.3 Å². The van der Waals surface area contributed by atoms with Crippen molar-refractivity contribution in [2.24, 2.45) is 29.6 Å². The summed E-state index contributed by atoms with van der Waals surface area (Å²) in [7, 11) is 1.92. The average Bonchev–Trinajstić information content (AvgIpc) is 2.94. The van der Waals surface area contributed by atoms with E-state index >= 15 is 0 Å². The van der Waals surface area contributed by atoms with Crippen molar-refractivity contribution in [3.05, 3.63) is 0 Å². The topological polar surface area (TPSA) is 116 Å². The summed E-state index contributed by atoms with van der Waals surface area (Å²) in [6, 6.07) is 0.567. The summed E-state index contributed by atoms with van der Waals surface area (Å²) in [5, 5.41) is 13.2. The van der Waals surface area contributed by atoms with Crippen molar-refractivity contribution in [1.82, 2.24) is 21.3 Å². The molecule has 4 aliphatic carbocycles. The number of hydrogen-bond acceptors (Lipinski definition) is 5. The van der Waals surface area contributed by atoms with E-state index in [1.54, 1.807) is 6.92 Å². The highest BCUT2D eigenvalue weighted by atomic mass is 16.2. The first kappa shape index (κ1) is 30.0. The Balaban J connectivity index is 1.23. The van der Waals surface area contributed by atoms with Crippen LogP contribution in [0.5, 0.6) is 0 Å². The molecule has 4 fully saturated rings. The number of amides is 3. The normalized spacial score (nSPS) is 37.4. The van der Waals surface area contributed by atoms with Gasteiger partial charge in [-0.15, -0.1) is 0 Å². The second-order valence-corrected chi connectivity index (χ2v) is 13.2. The Labute approximate surface area is 235 Å². The number of Topliss-reactive ketones (excluding diaryl/α,β-unsaturated/α-hetero) is 1. The van der Waals surface area contributed by atoms with Gasteiger partial charge < -0.3 is 21.3 Å². The van der Waals surface area contributed by atoms with E-state index in [-0.39, 0.29) is 65.3 Å². The highest BCUT2D eigenvalue weighted by Gasteiger charge is 2.37. The molecule has 4 N–H and O–H groups in total. The van der Waals surface area contributed by atoms with Gasteiger partial charge in [-0.1, -0.05) is 26.2 Å². The zero-order valence-electron chi connectivity index (χ0n) is 24.4. The number of nitrogens with one attached hydrogen (secondary N) is 4. The molecule has 4 saturated carbocycles. The lowest BCUT2D eigenvalue weighted by Crippen LogP contribution is -2.52. The molecule has 8 nitrogen and oxygen atoms in total. The van der Waals surface area contributed by atoms with Crippen molar-refractivity contribution in [2.75, 3.05) is 7.05 Å². The summed E-state index contributed by atoms with van der Waals surface area (Å²) < 4.78 is 0. The molecule has 0 aromatic carbocycles. The van der Waals surface area contributed by atoms with Gasteiger partial charge >= 0.3 is 0 Å². The highest BCUT2D eigenvalue weighted by molar-refractivity contribution is 5.83. The van der Waals surface area contributed by atoms with Crippen molar-refractivity contribution < 1.29 is 19.2 Å². The number of carbonyl (C=O) groups excluding carboxylic acids is 4. The minimum absolute atomic E-state index is 0.00132. The van der Waals surface area contributed by atoms with Crippen molar-refractivity contribution in [3.63, 3.8) is 0 Å². The van der Waals surface area contributed by atoms with Crippen LogP contribution in [0.4, 0.5) is 0 Å². The van der Waals surface area contributed by atoms with Crippen LogP contribution in [0, 0.1) is 29.6 Å². The first-order valence-corrected chi connectivity index (χ1v) is 15.8. The monoisotopic (exact) mass is 544 g/mol. The Hall–Kier alpha value is -1.96. The summed E-state index contributed by atoms with van der Waals surface area (Å²) >= 11 is 0. The van der Waals surface area contributed by atoms with Crippen LogP contribution in [-0.4, -0.2) is 54.7 Å². The largest absolute Gasteiger partial charge is 0.353 e. The van der Waals surface area contributed by atoms with E-state index < -0.39 is 0 Å². The molecule has 0 heterocycles. The van der Waals surface area contributed by atoms with E-state index in [4.69, 9.17) is 0 Å². The van der Waals surface area contributed by atoms with Crippen molar-refractivity contribution in [1.29, 1.82) is 0 Å². The summed E-state index contributed by atoms with van der Waals surface area (Å²) in [4.78, 5) is 51.2. The first-order valence-electron chi connectivity index (χ1n) is 15.8. The van der Waals surface area contributed by atoms with Gasteiger partial charge in [-0.3, -0.25) is 19.2 Å². The van der Waals surface area contributed by atoms with E-state index in [0.29, 0.717) is 24.8 Å². The Kier molecular flexibility index (Phi) is 10.8. The predicted molar refractivity (Wildman–Crippen MR) is 152 cm³/mol. The standard InChI is InChI=1S/C31H52N4O4/c1-19-7-4-5-10-28(19)35-29(37)21-11-13-25(14-12-21)33-31(39)24-16-26(32-3)18-27(17-24)34-30(38)23-9-6-8-22(15-23)20(2)36/h19,21-28,32H,4-18H2,1-3H3,(H,33,39)(H,34,38)(H,35,37). The molecule has 39 heavy (non-hydrogen) atoms. The van der Waals surface area contributed by atoms with Crippen LogP contribution in [-0.2, 0) is 19.2 Å².